The molecule has 0 aliphatic carbocycles. The zero-order valence-electron chi connectivity index (χ0n) is 2.73. The molecule has 6 heteroatoms. The zero-order chi connectivity index (χ0) is 2.00. The van der Waals surface area contributed by atoms with Crippen molar-refractivity contribution in [2.45, 2.75) is 0 Å². The molecule has 0 aromatic rings. The van der Waals surface area contributed by atoms with Gasteiger partial charge < -0.3 is 11.0 Å². The van der Waals surface area contributed by atoms with Gasteiger partial charge in [0.1, 0.15) is 0 Å². The van der Waals surface area contributed by atoms with Crippen molar-refractivity contribution in [3.05, 3.63) is 0 Å². The van der Waals surface area contributed by atoms with Crippen molar-refractivity contribution in [1.29, 1.82) is 0 Å². The molecule has 0 aromatic heterocycles. The van der Waals surface area contributed by atoms with Crippen LogP contribution in [0.5, 0.6) is 0 Å². The molecule has 0 rings (SSSR count). The molecular formula is CuO3ZnZr+2. The Labute approximate surface area is 75.8 Å². The number of hydrogen-bond acceptors (Lipinski definition) is 1. The quantitative estimate of drug-likeness (QED) is 0.553. The SMILES string of the molecule is [O-2].[O-2].[O]=[Cu].[Zn+2].[Zr+4]. The number of rotatable bonds is 0. The van der Waals surface area contributed by atoms with Gasteiger partial charge in [-0.3, -0.25) is 0 Å². The minimum absolute atomic E-state index is 0. The van der Waals surface area contributed by atoms with E-state index in [-0.39, 0.29) is 56.6 Å². The summed E-state index contributed by atoms with van der Waals surface area (Å²) in [6.07, 6.45) is 0. The fourth-order valence-corrected chi connectivity index (χ4v) is 0. The Kier molecular flexibility index (Phi) is 569. The van der Waals surface area contributed by atoms with E-state index in [9.17, 15) is 0 Å². The molecule has 33 valence electrons. The summed E-state index contributed by atoms with van der Waals surface area (Å²) in [5.41, 5.74) is 0. The van der Waals surface area contributed by atoms with Gasteiger partial charge in [-0.1, -0.05) is 0 Å². The van der Waals surface area contributed by atoms with E-state index in [1.807, 2.05) is 0 Å². The first-order valence-electron chi connectivity index (χ1n) is 0.123. The van der Waals surface area contributed by atoms with Gasteiger partial charge in [-0.15, -0.1) is 0 Å². The molecule has 3 nitrogen and oxygen atoms in total. The van der Waals surface area contributed by atoms with Crippen LogP contribution < -0.4 is 0 Å². The molecule has 0 atom stereocenters. The van der Waals surface area contributed by atoms with Gasteiger partial charge >= 0.3 is 65.5 Å². The zero-order valence-corrected chi connectivity index (χ0v) is 9.10. The molecular weight excluding hydrogens is 268 g/mol. The predicted molar refractivity (Wildman–Crippen MR) is 2.06 cm³/mol. The van der Waals surface area contributed by atoms with Crippen LogP contribution in [-0.2, 0) is 76.4 Å². The average Bonchev–Trinajstić information content (AvgIpc) is 1.00. The molecule has 0 saturated heterocycles. The third-order valence-corrected chi connectivity index (χ3v) is 0. The molecule has 0 aliphatic rings. The summed E-state index contributed by atoms with van der Waals surface area (Å²) in [6, 6.07) is 0. The molecule has 0 spiro atoms. The first kappa shape index (κ1) is 46.7. The molecule has 6 heavy (non-hydrogen) atoms. The van der Waals surface area contributed by atoms with Crippen LogP contribution >= 0.6 is 0 Å². The third kappa shape index (κ3) is 42.5. The Bertz CT molecular complexity index is 10.8. The van der Waals surface area contributed by atoms with Crippen molar-refractivity contribution in [3.63, 3.8) is 0 Å². The molecule has 0 unspecified atom stereocenters. The van der Waals surface area contributed by atoms with E-state index in [1.165, 1.54) is 0 Å². The summed E-state index contributed by atoms with van der Waals surface area (Å²) >= 11 is 2.94. The summed E-state index contributed by atoms with van der Waals surface area (Å²) in [5, 5.41) is 0. The second-order valence-corrected chi connectivity index (χ2v) is 0. The van der Waals surface area contributed by atoms with E-state index in [0.717, 1.165) is 0 Å². The summed E-state index contributed by atoms with van der Waals surface area (Å²) in [7, 11) is 0. The summed E-state index contributed by atoms with van der Waals surface area (Å²) in [4.78, 5) is 0. The molecule has 0 amide bonds. The van der Waals surface area contributed by atoms with Crippen LogP contribution in [0.3, 0.4) is 0 Å². The van der Waals surface area contributed by atoms with E-state index in [1.54, 1.807) is 0 Å². The van der Waals surface area contributed by atoms with Crippen molar-refractivity contribution in [2.75, 3.05) is 0 Å². The van der Waals surface area contributed by atoms with Crippen LogP contribution in [0.15, 0.2) is 0 Å². The maximum Gasteiger partial charge on any atom is 4.00 e. The van der Waals surface area contributed by atoms with Crippen molar-refractivity contribution in [3.8, 4) is 0 Å². The summed E-state index contributed by atoms with van der Waals surface area (Å²) in [6.45, 7) is 0. The van der Waals surface area contributed by atoms with Crippen LogP contribution in [0.1, 0.15) is 0 Å². The van der Waals surface area contributed by atoms with E-state index in [4.69, 9.17) is 3.83 Å². The molecule has 0 N–H and O–H groups in total. The second-order valence-electron chi connectivity index (χ2n) is 0. The molecule has 0 radical (unpaired) electrons. The second kappa shape index (κ2) is 73.1. The first-order valence-corrected chi connectivity index (χ1v) is 0.508. The normalized spacial score (nSPS) is 1.00. The predicted octanol–water partition coefficient (Wildman–Crippen LogP) is -0.364. The minimum Gasteiger partial charge on any atom is 2.00 e. The van der Waals surface area contributed by atoms with Crippen LogP contribution in [-0.4, -0.2) is 0 Å². The average molecular weight is 268 g/mol. The van der Waals surface area contributed by atoms with Crippen molar-refractivity contribution < 1.29 is 76.4 Å². The largest absolute Gasteiger partial charge is 4.00 e. The first-order chi connectivity index (χ1) is 1.00. The third-order valence-electron chi connectivity index (χ3n) is 0. The molecule has 0 heterocycles. The maximum absolute atomic E-state index is 7.81. The molecule has 0 saturated carbocycles. The van der Waals surface area contributed by atoms with E-state index in [2.05, 4.69) is 15.9 Å². The topological polar surface area (TPSA) is 74.1 Å². The van der Waals surface area contributed by atoms with Gasteiger partial charge in [0.15, 0.2) is 0 Å². The van der Waals surface area contributed by atoms with Gasteiger partial charge in [-0.25, -0.2) is 0 Å². The van der Waals surface area contributed by atoms with Crippen molar-refractivity contribution in [1.82, 2.24) is 0 Å². The van der Waals surface area contributed by atoms with Gasteiger partial charge in [0, 0.05) is 0 Å². The van der Waals surface area contributed by atoms with Gasteiger partial charge in [-0.2, -0.15) is 0 Å². The van der Waals surface area contributed by atoms with Crippen LogP contribution in [0.4, 0.5) is 0 Å². The molecule has 0 fully saturated rings. The molecule has 0 aromatic carbocycles. The Hall–Kier alpha value is 1.75. The molecule has 0 aliphatic heterocycles. The monoisotopic (exact) mass is 265 g/mol. The van der Waals surface area contributed by atoms with E-state index in [0.29, 0.717) is 0 Å². The van der Waals surface area contributed by atoms with Gasteiger partial charge in [0.2, 0.25) is 0 Å². The fourth-order valence-electron chi connectivity index (χ4n) is 0. The summed E-state index contributed by atoms with van der Waals surface area (Å²) < 4.78 is 7.81. The van der Waals surface area contributed by atoms with Gasteiger partial charge in [0.25, 0.3) is 0 Å². The van der Waals surface area contributed by atoms with Gasteiger partial charge in [0.05, 0.1) is 0 Å². The van der Waals surface area contributed by atoms with E-state index < -0.39 is 0 Å². The van der Waals surface area contributed by atoms with Crippen LogP contribution in [0.25, 0.3) is 0 Å². The van der Waals surface area contributed by atoms with Gasteiger partial charge in [-0.05, 0) is 0 Å². The number of hydrogen-bond donors (Lipinski definition) is 0. The van der Waals surface area contributed by atoms with Crippen LogP contribution in [0.2, 0.25) is 0 Å². The smallest absolute Gasteiger partial charge is 2.00 e. The Morgan fingerprint density at radius 2 is 1.00 bits per heavy atom. The Morgan fingerprint density at radius 3 is 1.00 bits per heavy atom. The maximum atomic E-state index is 7.81. The van der Waals surface area contributed by atoms with Crippen LogP contribution in [0, 0.1) is 0 Å². The minimum atomic E-state index is 0. The summed E-state index contributed by atoms with van der Waals surface area (Å²) in [5.74, 6) is 0. The van der Waals surface area contributed by atoms with Crippen molar-refractivity contribution >= 4 is 0 Å². The van der Waals surface area contributed by atoms with E-state index >= 15 is 0 Å². The fraction of sp³-hybridized carbons (Fsp3) is 0. The molecule has 0 bridgehead atoms. The Balaban J connectivity index is -0.000000000833. The Morgan fingerprint density at radius 1 is 1.00 bits per heavy atom. The van der Waals surface area contributed by atoms with Crippen molar-refractivity contribution in [2.24, 2.45) is 0 Å². The standard InChI is InChI=1S/Cu.3O.Zn.Zr/q;;2*-2;+2;+4.